The van der Waals surface area contributed by atoms with Crippen molar-refractivity contribution >= 4 is 43.6 Å². The first-order valence-electron chi connectivity index (χ1n) is 21.0. The molecule has 12 aromatic rings. The lowest BCUT2D eigenvalue weighted by Crippen LogP contribution is -2.06. The van der Waals surface area contributed by atoms with Crippen LogP contribution < -0.4 is 0 Å². The minimum Gasteiger partial charge on any atom is -0.309 e. The molecule has 62 heavy (non-hydrogen) atoms. The summed E-state index contributed by atoms with van der Waals surface area (Å²) in [6, 6.07) is 79.2. The molecule has 0 unspecified atom stereocenters. The molecule has 0 saturated heterocycles. The monoisotopic (exact) mass is 791 g/mol. The van der Waals surface area contributed by atoms with Crippen molar-refractivity contribution in [3.63, 3.8) is 0 Å². The molecule has 12 rings (SSSR count). The fourth-order valence-electron chi connectivity index (χ4n) is 9.15. The third-order valence-electron chi connectivity index (χ3n) is 12.0. The molecular formula is C57H37N5. The minimum absolute atomic E-state index is 0.560. The zero-order valence-electron chi connectivity index (χ0n) is 33.6. The molecule has 5 nitrogen and oxygen atoms in total. The van der Waals surface area contributed by atoms with Crippen molar-refractivity contribution in [1.82, 2.24) is 24.1 Å². The molecule has 0 radical (unpaired) electrons. The molecule has 0 spiro atoms. The van der Waals surface area contributed by atoms with E-state index in [-0.39, 0.29) is 0 Å². The summed E-state index contributed by atoms with van der Waals surface area (Å²) in [4.78, 5) is 15.7. The number of rotatable bonds is 7. The van der Waals surface area contributed by atoms with E-state index in [0.717, 1.165) is 55.2 Å². The highest BCUT2D eigenvalue weighted by molar-refractivity contribution is 6.19. The van der Waals surface area contributed by atoms with Crippen LogP contribution in [-0.2, 0) is 0 Å². The Morgan fingerprint density at radius 1 is 0.258 bits per heavy atom. The largest absolute Gasteiger partial charge is 0.309 e. The number of benzene rings is 9. The maximum absolute atomic E-state index is 5.33. The topological polar surface area (TPSA) is 48.5 Å². The van der Waals surface area contributed by atoms with Gasteiger partial charge in [-0.1, -0.05) is 194 Å². The molecule has 3 aromatic heterocycles. The summed E-state index contributed by atoms with van der Waals surface area (Å²) < 4.78 is 4.64. The Hall–Kier alpha value is -8.41. The highest BCUT2D eigenvalue weighted by atomic mass is 15.2. The first-order valence-corrected chi connectivity index (χ1v) is 21.0. The predicted molar refractivity (Wildman–Crippen MR) is 256 cm³/mol. The van der Waals surface area contributed by atoms with Crippen molar-refractivity contribution in [3.05, 3.63) is 224 Å². The second kappa shape index (κ2) is 14.7. The molecule has 0 N–H and O–H groups in total. The average Bonchev–Trinajstić information content (AvgIpc) is 3.86. The van der Waals surface area contributed by atoms with Crippen LogP contribution in [0.4, 0.5) is 0 Å². The molecule has 0 atom stereocenters. The van der Waals surface area contributed by atoms with Crippen molar-refractivity contribution in [2.24, 2.45) is 0 Å². The summed E-state index contributed by atoms with van der Waals surface area (Å²) in [5.41, 5.74) is 14.3. The van der Waals surface area contributed by atoms with Crippen LogP contribution in [0.2, 0.25) is 0 Å². The smallest absolute Gasteiger partial charge is 0.238 e. The summed E-state index contributed by atoms with van der Waals surface area (Å²) in [6.45, 7) is 0. The molecule has 5 heteroatoms. The second-order valence-corrected chi connectivity index (χ2v) is 15.6. The summed E-state index contributed by atoms with van der Waals surface area (Å²) in [5.74, 6) is 1.78. The van der Waals surface area contributed by atoms with E-state index in [9.17, 15) is 0 Å². The predicted octanol–water partition coefficient (Wildman–Crippen LogP) is 14.4. The van der Waals surface area contributed by atoms with Gasteiger partial charge in [-0.25, -0.2) is 4.98 Å². The van der Waals surface area contributed by atoms with Crippen molar-refractivity contribution in [3.8, 4) is 67.8 Å². The third kappa shape index (κ3) is 5.90. The van der Waals surface area contributed by atoms with Gasteiger partial charge >= 0.3 is 0 Å². The molecular weight excluding hydrogens is 755 g/mol. The Bertz CT molecular complexity index is 3610. The standard InChI is InChI=1S/C57H37N5/c1-4-18-38(19-5-1)43-24-10-11-25-44(43)40-32-34-42(35-33-40)56-58-55(41-22-8-3-9-23-41)59-57(60-56)62-52-31-17-14-28-47(52)49-36-48-46-27-13-16-30-51(46)61(53(48)37-54(49)62)50-29-15-12-26-45(50)39-20-6-2-7-21-39/h1-37H. The van der Waals surface area contributed by atoms with Crippen molar-refractivity contribution in [2.75, 3.05) is 0 Å². The van der Waals surface area contributed by atoms with Gasteiger partial charge < -0.3 is 4.57 Å². The number of hydrogen-bond acceptors (Lipinski definition) is 3. The van der Waals surface area contributed by atoms with Gasteiger partial charge in [0, 0.05) is 38.2 Å². The first kappa shape index (κ1) is 35.5. The third-order valence-corrected chi connectivity index (χ3v) is 12.0. The number of aromatic nitrogens is 5. The zero-order valence-corrected chi connectivity index (χ0v) is 33.6. The molecule has 9 aromatic carbocycles. The van der Waals surface area contributed by atoms with Crippen LogP contribution >= 0.6 is 0 Å². The summed E-state index contributed by atoms with van der Waals surface area (Å²) in [7, 11) is 0. The van der Waals surface area contributed by atoms with E-state index < -0.39 is 0 Å². The van der Waals surface area contributed by atoms with Crippen LogP contribution in [0.5, 0.6) is 0 Å². The maximum atomic E-state index is 5.33. The molecule has 0 saturated carbocycles. The van der Waals surface area contributed by atoms with Gasteiger partial charge in [-0.3, -0.25) is 4.57 Å². The Labute approximate surface area is 358 Å². The number of hydrogen-bond donors (Lipinski definition) is 0. The summed E-state index contributed by atoms with van der Waals surface area (Å²) in [5, 5.41) is 4.66. The Morgan fingerprint density at radius 2 is 0.661 bits per heavy atom. The molecule has 0 aliphatic heterocycles. The van der Waals surface area contributed by atoms with Crippen LogP contribution in [0.15, 0.2) is 224 Å². The Kier molecular flexibility index (Phi) is 8.42. The molecule has 3 heterocycles. The van der Waals surface area contributed by atoms with Gasteiger partial charge in [0.1, 0.15) is 0 Å². The van der Waals surface area contributed by atoms with E-state index in [1.54, 1.807) is 0 Å². The summed E-state index contributed by atoms with van der Waals surface area (Å²) in [6.07, 6.45) is 0. The Morgan fingerprint density at radius 3 is 1.26 bits per heavy atom. The van der Waals surface area contributed by atoms with Gasteiger partial charge in [-0.05, 0) is 58.1 Å². The van der Waals surface area contributed by atoms with E-state index >= 15 is 0 Å². The average molecular weight is 792 g/mol. The van der Waals surface area contributed by atoms with Gasteiger partial charge in [0.25, 0.3) is 0 Å². The molecule has 0 aliphatic rings. The van der Waals surface area contributed by atoms with Crippen LogP contribution in [0.1, 0.15) is 0 Å². The van der Waals surface area contributed by atoms with E-state index in [2.05, 4.69) is 215 Å². The van der Waals surface area contributed by atoms with E-state index in [1.807, 2.05) is 18.2 Å². The number of para-hydroxylation sites is 3. The molecule has 0 fully saturated rings. The summed E-state index contributed by atoms with van der Waals surface area (Å²) >= 11 is 0. The van der Waals surface area contributed by atoms with Crippen molar-refractivity contribution < 1.29 is 0 Å². The maximum Gasteiger partial charge on any atom is 0.238 e. The van der Waals surface area contributed by atoms with Gasteiger partial charge in [0.15, 0.2) is 11.6 Å². The van der Waals surface area contributed by atoms with Gasteiger partial charge in [-0.2, -0.15) is 9.97 Å². The van der Waals surface area contributed by atoms with E-state index in [1.165, 1.54) is 38.6 Å². The van der Waals surface area contributed by atoms with Gasteiger partial charge in [-0.15, -0.1) is 0 Å². The van der Waals surface area contributed by atoms with Crippen LogP contribution in [0, 0.1) is 0 Å². The highest BCUT2D eigenvalue weighted by Crippen LogP contribution is 2.41. The quantitative estimate of drug-likeness (QED) is 0.162. The number of fused-ring (bicyclic) bond motifs is 6. The SMILES string of the molecule is c1ccc(-c2nc(-c3ccc(-c4ccccc4-c4ccccc4)cc3)nc(-n3c4ccccc4c4cc5c6ccccc6n(-c6ccccc6-c6ccccc6)c5cc43)n2)cc1. The fraction of sp³-hybridized carbons (Fsp3) is 0. The zero-order chi connectivity index (χ0) is 41.0. The Balaban J connectivity index is 1.09. The highest BCUT2D eigenvalue weighted by Gasteiger charge is 2.22. The van der Waals surface area contributed by atoms with E-state index in [4.69, 9.17) is 15.0 Å². The lowest BCUT2D eigenvalue weighted by molar-refractivity contribution is 0.953. The number of nitrogens with zero attached hydrogens (tertiary/aromatic N) is 5. The lowest BCUT2D eigenvalue weighted by atomic mass is 9.94. The molecule has 290 valence electrons. The van der Waals surface area contributed by atoms with Gasteiger partial charge in [0.05, 0.1) is 27.8 Å². The van der Waals surface area contributed by atoms with Crippen molar-refractivity contribution in [2.45, 2.75) is 0 Å². The molecule has 0 amide bonds. The normalized spacial score (nSPS) is 11.5. The molecule has 0 bridgehead atoms. The fourth-order valence-corrected chi connectivity index (χ4v) is 9.15. The van der Waals surface area contributed by atoms with Crippen LogP contribution in [0.3, 0.4) is 0 Å². The lowest BCUT2D eigenvalue weighted by Gasteiger charge is -2.14. The van der Waals surface area contributed by atoms with Gasteiger partial charge in [0.2, 0.25) is 5.95 Å². The van der Waals surface area contributed by atoms with Crippen molar-refractivity contribution in [1.29, 1.82) is 0 Å². The van der Waals surface area contributed by atoms with Crippen LogP contribution in [-0.4, -0.2) is 24.1 Å². The first-order chi connectivity index (χ1) is 30.8. The second-order valence-electron chi connectivity index (χ2n) is 15.6. The van der Waals surface area contributed by atoms with Crippen LogP contribution in [0.25, 0.3) is 111 Å². The minimum atomic E-state index is 0.560. The molecule has 0 aliphatic carbocycles. The van der Waals surface area contributed by atoms with E-state index in [0.29, 0.717) is 17.6 Å².